The zero-order valence-corrected chi connectivity index (χ0v) is 8.04. The lowest BCUT2D eigenvalue weighted by Gasteiger charge is -1.99. The highest BCUT2D eigenvalue weighted by Crippen LogP contribution is 2.30. The van der Waals surface area contributed by atoms with Gasteiger partial charge in [-0.15, -0.1) is 11.8 Å². The Bertz CT molecular complexity index is 410. The highest BCUT2D eigenvalue weighted by Gasteiger charge is 2.05. The van der Waals surface area contributed by atoms with Crippen molar-refractivity contribution >= 4 is 34.4 Å². The summed E-state index contributed by atoms with van der Waals surface area (Å²) in [4.78, 5) is 8.24. The van der Waals surface area contributed by atoms with E-state index >= 15 is 0 Å². The first-order chi connectivity index (χ1) is 5.83. The summed E-state index contributed by atoms with van der Waals surface area (Å²) in [6, 6.07) is 1.93. The van der Waals surface area contributed by atoms with Crippen LogP contribution in [0, 0.1) is 0 Å². The van der Waals surface area contributed by atoms with Crippen molar-refractivity contribution < 1.29 is 0 Å². The van der Waals surface area contributed by atoms with Gasteiger partial charge >= 0.3 is 0 Å². The Kier molecular flexibility index (Phi) is 1.98. The van der Waals surface area contributed by atoms with Crippen LogP contribution in [0.25, 0.3) is 11.0 Å². The topological polar surface area (TPSA) is 28.7 Å². The summed E-state index contributed by atoms with van der Waals surface area (Å²) >= 11 is 7.71. The van der Waals surface area contributed by atoms with E-state index in [1.54, 1.807) is 18.0 Å². The average Bonchev–Trinajstić information content (AvgIpc) is 2.53. The van der Waals surface area contributed by atoms with Crippen molar-refractivity contribution in [1.82, 2.24) is 9.97 Å². The van der Waals surface area contributed by atoms with Crippen molar-refractivity contribution in [3.05, 3.63) is 23.5 Å². The number of H-pyrrole nitrogens is 1. The maximum Gasteiger partial charge on any atom is 0.138 e. The zero-order valence-electron chi connectivity index (χ0n) is 6.47. The lowest BCUT2D eigenvalue weighted by Crippen LogP contribution is -1.79. The van der Waals surface area contributed by atoms with Crippen molar-refractivity contribution in [2.75, 3.05) is 6.26 Å². The lowest BCUT2D eigenvalue weighted by molar-refractivity contribution is 1.26. The number of rotatable bonds is 1. The van der Waals surface area contributed by atoms with E-state index in [2.05, 4.69) is 9.97 Å². The third-order valence-corrected chi connectivity index (χ3v) is 2.98. The molecule has 2 aromatic rings. The van der Waals surface area contributed by atoms with Crippen LogP contribution in [0.15, 0.2) is 23.4 Å². The molecule has 4 heteroatoms. The van der Waals surface area contributed by atoms with Gasteiger partial charge in [0.15, 0.2) is 0 Å². The molecule has 0 bridgehead atoms. The molecule has 0 spiro atoms. The van der Waals surface area contributed by atoms with Crippen molar-refractivity contribution in [3.63, 3.8) is 0 Å². The minimum atomic E-state index is 0.786. The van der Waals surface area contributed by atoms with Crippen LogP contribution in [0.5, 0.6) is 0 Å². The molecular formula is C8H7ClN2S. The molecule has 0 unspecified atom stereocenters. The molecule has 0 aliphatic rings. The number of nitrogens with zero attached hydrogens (tertiary/aromatic N) is 1. The third-order valence-electron chi connectivity index (χ3n) is 1.71. The SMILES string of the molecule is CSc1cnc2[nH]ccc2c1Cl. The van der Waals surface area contributed by atoms with Crippen LogP contribution in [0.3, 0.4) is 0 Å². The van der Waals surface area contributed by atoms with Crippen LogP contribution < -0.4 is 0 Å². The Morgan fingerprint density at radius 3 is 3.17 bits per heavy atom. The summed E-state index contributed by atoms with van der Waals surface area (Å²) < 4.78 is 0. The summed E-state index contributed by atoms with van der Waals surface area (Å²) in [5.74, 6) is 0. The fraction of sp³-hybridized carbons (Fsp3) is 0.125. The maximum absolute atomic E-state index is 6.10. The molecule has 0 saturated carbocycles. The molecule has 0 atom stereocenters. The van der Waals surface area contributed by atoms with Gasteiger partial charge < -0.3 is 4.98 Å². The Morgan fingerprint density at radius 2 is 2.42 bits per heavy atom. The number of hydrogen-bond acceptors (Lipinski definition) is 2. The number of halogens is 1. The summed E-state index contributed by atoms with van der Waals surface area (Å²) in [5.41, 5.74) is 0.845. The smallest absolute Gasteiger partial charge is 0.138 e. The largest absolute Gasteiger partial charge is 0.346 e. The van der Waals surface area contributed by atoms with Gasteiger partial charge in [0.2, 0.25) is 0 Å². The normalized spacial score (nSPS) is 10.8. The van der Waals surface area contributed by atoms with E-state index in [1.165, 1.54) is 0 Å². The fourth-order valence-corrected chi connectivity index (χ4v) is 1.98. The van der Waals surface area contributed by atoms with Gasteiger partial charge in [0.1, 0.15) is 5.65 Å². The maximum atomic E-state index is 6.10. The first-order valence-electron chi connectivity index (χ1n) is 3.48. The quantitative estimate of drug-likeness (QED) is 0.714. The monoisotopic (exact) mass is 198 g/mol. The van der Waals surface area contributed by atoms with E-state index in [4.69, 9.17) is 11.6 Å². The van der Waals surface area contributed by atoms with Crippen LogP contribution in [-0.2, 0) is 0 Å². The molecule has 2 nitrogen and oxygen atoms in total. The minimum Gasteiger partial charge on any atom is -0.346 e. The molecule has 62 valence electrons. The molecule has 0 aliphatic carbocycles. The zero-order chi connectivity index (χ0) is 8.55. The Balaban J connectivity index is 2.78. The first-order valence-corrected chi connectivity index (χ1v) is 5.09. The second-order valence-electron chi connectivity index (χ2n) is 2.38. The minimum absolute atomic E-state index is 0.786. The van der Waals surface area contributed by atoms with Gasteiger partial charge in [-0.05, 0) is 12.3 Å². The third kappa shape index (κ3) is 1.09. The van der Waals surface area contributed by atoms with Crippen LogP contribution in [-0.4, -0.2) is 16.2 Å². The molecule has 0 fully saturated rings. The summed E-state index contributed by atoms with van der Waals surface area (Å²) in [7, 11) is 0. The molecule has 2 heterocycles. The molecule has 0 radical (unpaired) electrons. The lowest BCUT2D eigenvalue weighted by atomic mass is 10.3. The number of pyridine rings is 1. The first kappa shape index (κ1) is 7.95. The predicted octanol–water partition coefficient (Wildman–Crippen LogP) is 2.94. The molecule has 0 amide bonds. The number of hydrogen-bond donors (Lipinski definition) is 1. The Morgan fingerprint density at radius 1 is 1.58 bits per heavy atom. The highest BCUT2D eigenvalue weighted by molar-refractivity contribution is 7.98. The summed E-state index contributed by atoms with van der Waals surface area (Å²) in [6.45, 7) is 0. The number of nitrogens with one attached hydrogen (secondary N) is 1. The Labute approximate surface area is 79.3 Å². The van der Waals surface area contributed by atoms with E-state index in [0.29, 0.717) is 0 Å². The number of fused-ring (bicyclic) bond motifs is 1. The van der Waals surface area contributed by atoms with Crippen molar-refractivity contribution in [2.45, 2.75) is 4.90 Å². The molecule has 0 aromatic carbocycles. The molecule has 1 N–H and O–H groups in total. The van der Waals surface area contributed by atoms with Crippen LogP contribution in [0.4, 0.5) is 0 Å². The molecule has 2 rings (SSSR count). The van der Waals surface area contributed by atoms with E-state index in [1.807, 2.05) is 18.5 Å². The second kappa shape index (κ2) is 2.99. The summed E-state index contributed by atoms with van der Waals surface area (Å²) in [6.07, 6.45) is 5.61. The Hall–Kier alpha value is -0.670. The number of aromatic nitrogens is 2. The van der Waals surface area contributed by atoms with Gasteiger partial charge in [-0.3, -0.25) is 0 Å². The van der Waals surface area contributed by atoms with Gasteiger partial charge in [-0.2, -0.15) is 0 Å². The van der Waals surface area contributed by atoms with Crippen LogP contribution in [0.1, 0.15) is 0 Å². The molecule has 0 saturated heterocycles. The second-order valence-corrected chi connectivity index (χ2v) is 3.61. The van der Waals surface area contributed by atoms with Crippen molar-refractivity contribution in [3.8, 4) is 0 Å². The van der Waals surface area contributed by atoms with Gasteiger partial charge in [0, 0.05) is 22.7 Å². The standard InChI is InChI=1S/C8H7ClN2S/c1-12-6-4-11-8-5(7(6)9)2-3-10-8/h2-4H,1H3,(H,10,11). The van der Waals surface area contributed by atoms with Gasteiger partial charge in [0.25, 0.3) is 0 Å². The molecule has 2 aromatic heterocycles. The van der Waals surface area contributed by atoms with E-state index in [-0.39, 0.29) is 0 Å². The van der Waals surface area contributed by atoms with E-state index < -0.39 is 0 Å². The fourth-order valence-electron chi connectivity index (χ4n) is 1.10. The highest BCUT2D eigenvalue weighted by atomic mass is 35.5. The number of aromatic amines is 1. The summed E-state index contributed by atoms with van der Waals surface area (Å²) in [5, 5.41) is 1.78. The van der Waals surface area contributed by atoms with Crippen LogP contribution in [0.2, 0.25) is 5.02 Å². The molecule has 0 aliphatic heterocycles. The number of thioether (sulfide) groups is 1. The van der Waals surface area contributed by atoms with Crippen molar-refractivity contribution in [1.29, 1.82) is 0 Å². The molecule has 12 heavy (non-hydrogen) atoms. The van der Waals surface area contributed by atoms with Gasteiger partial charge in [-0.25, -0.2) is 4.98 Å². The molecular weight excluding hydrogens is 192 g/mol. The van der Waals surface area contributed by atoms with Gasteiger partial charge in [-0.1, -0.05) is 11.6 Å². The van der Waals surface area contributed by atoms with E-state index in [9.17, 15) is 0 Å². The van der Waals surface area contributed by atoms with Crippen molar-refractivity contribution in [2.24, 2.45) is 0 Å². The predicted molar refractivity (Wildman–Crippen MR) is 52.9 cm³/mol. The average molecular weight is 199 g/mol. The van der Waals surface area contributed by atoms with Gasteiger partial charge in [0.05, 0.1) is 5.02 Å². The van der Waals surface area contributed by atoms with Crippen LogP contribution >= 0.6 is 23.4 Å². The van der Waals surface area contributed by atoms with E-state index in [0.717, 1.165) is 21.0 Å².